The topological polar surface area (TPSA) is 9.23 Å². The van der Waals surface area contributed by atoms with Crippen LogP contribution in [0.25, 0.3) is 10.8 Å². The highest BCUT2D eigenvalue weighted by atomic mass is 19.1. The van der Waals surface area contributed by atoms with Crippen molar-refractivity contribution in [3.63, 3.8) is 0 Å². The fourth-order valence-corrected chi connectivity index (χ4v) is 5.12. The molecule has 0 heterocycles. The van der Waals surface area contributed by atoms with E-state index in [1.165, 1.54) is 29.2 Å². The molecule has 1 saturated carbocycles. The number of hydrogen-bond donors (Lipinski definition) is 0. The lowest BCUT2D eigenvalue weighted by atomic mass is 9.86. The van der Waals surface area contributed by atoms with Crippen LogP contribution in [-0.2, 0) is 0 Å². The summed E-state index contributed by atoms with van der Waals surface area (Å²) in [6.45, 7) is 8.42. The molecule has 0 amide bonds. The minimum absolute atomic E-state index is 0.230. The molecule has 0 aliphatic heterocycles. The molecule has 1 nitrogen and oxygen atoms in total. The van der Waals surface area contributed by atoms with Crippen LogP contribution in [0.5, 0.6) is 5.75 Å². The number of fused-ring (bicyclic) bond motifs is 1. The normalized spacial score (nSPS) is 20.2. The minimum atomic E-state index is -0.349. The summed E-state index contributed by atoms with van der Waals surface area (Å²) in [5.41, 5.74) is 2.23. The molecule has 164 valence electrons. The number of rotatable bonds is 7. The number of ether oxygens (including phenoxy) is 1. The van der Waals surface area contributed by atoms with E-state index in [1.807, 2.05) is 19.9 Å². The Morgan fingerprint density at radius 3 is 2.58 bits per heavy atom. The maximum atomic E-state index is 14.7. The van der Waals surface area contributed by atoms with Crippen molar-refractivity contribution in [2.45, 2.75) is 77.2 Å². The summed E-state index contributed by atoms with van der Waals surface area (Å²) >= 11 is 0. The SMILES string of the molecule is CCC(C)(C)Oc1ccc([C@@H]2CC[C@H](C[C@H](C)c3cccc4ccccc34)C2)cc1F. The van der Waals surface area contributed by atoms with Crippen molar-refractivity contribution in [2.75, 3.05) is 0 Å². The Bertz CT molecular complexity index is 1030. The lowest BCUT2D eigenvalue weighted by Gasteiger charge is -2.25. The van der Waals surface area contributed by atoms with Gasteiger partial charge in [-0.1, -0.05) is 62.4 Å². The van der Waals surface area contributed by atoms with E-state index in [9.17, 15) is 4.39 Å². The summed E-state index contributed by atoms with van der Waals surface area (Å²) < 4.78 is 20.6. The van der Waals surface area contributed by atoms with Gasteiger partial charge in [0.2, 0.25) is 0 Å². The molecule has 3 atom stereocenters. The van der Waals surface area contributed by atoms with Crippen LogP contribution in [-0.4, -0.2) is 5.60 Å². The van der Waals surface area contributed by atoms with Gasteiger partial charge in [0.05, 0.1) is 0 Å². The molecule has 1 aliphatic carbocycles. The maximum Gasteiger partial charge on any atom is 0.165 e. The molecule has 0 N–H and O–H groups in total. The monoisotopic (exact) mass is 418 g/mol. The summed E-state index contributed by atoms with van der Waals surface area (Å²) in [7, 11) is 0. The third-order valence-electron chi connectivity index (χ3n) is 7.25. The van der Waals surface area contributed by atoms with Crippen LogP contribution in [0.1, 0.15) is 82.8 Å². The summed E-state index contributed by atoms with van der Waals surface area (Å²) in [6.07, 6.45) is 5.55. The third-order valence-corrected chi connectivity index (χ3v) is 7.25. The molecule has 1 aliphatic rings. The fourth-order valence-electron chi connectivity index (χ4n) is 5.12. The second-order valence-corrected chi connectivity index (χ2v) is 9.99. The van der Waals surface area contributed by atoms with E-state index in [0.29, 0.717) is 23.5 Å². The zero-order chi connectivity index (χ0) is 22.0. The van der Waals surface area contributed by atoms with E-state index in [4.69, 9.17) is 4.74 Å². The molecule has 1 fully saturated rings. The quantitative estimate of drug-likeness (QED) is 0.373. The Hall–Kier alpha value is -2.35. The molecule has 0 unspecified atom stereocenters. The van der Waals surface area contributed by atoms with E-state index >= 15 is 0 Å². The van der Waals surface area contributed by atoms with Gasteiger partial charge in [-0.25, -0.2) is 4.39 Å². The second-order valence-electron chi connectivity index (χ2n) is 9.99. The second kappa shape index (κ2) is 9.02. The highest BCUT2D eigenvalue weighted by Crippen LogP contribution is 2.43. The van der Waals surface area contributed by atoms with E-state index in [0.717, 1.165) is 24.8 Å². The van der Waals surface area contributed by atoms with E-state index < -0.39 is 0 Å². The van der Waals surface area contributed by atoms with E-state index in [2.05, 4.69) is 62.4 Å². The first-order chi connectivity index (χ1) is 14.9. The van der Waals surface area contributed by atoms with Gasteiger partial charge in [0.1, 0.15) is 5.60 Å². The fraction of sp³-hybridized carbons (Fsp3) is 0.448. The standard InChI is InChI=1S/C29H35FO/c1-5-29(3,4)31-28-16-15-24(19-27(28)30)23-14-13-21(18-23)17-20(2)25-12-8-10-22-9-6-7-11-26(22)25/h6-12,15-16,19-21,23H,5,13-14,17-18H2,1-4H3/t20-,21+,23+/m0/s1. The largest absolute Gasteiger partial charge is 0.485 e. The van der Waals surface area contributed by atoms with Crippen LogP contribution in [0.2, 0.25) is 0 Å². The Kier molecular flexibility index (Phi) is 6.36. The van der Waals surface area contributed by atoms with Crippen LogP contribution in [0.3, 0.4) is 0 Å². The smallest absolute Gasteiger partial charge is 0.165 e. The van der Waals surface area contributed by atoms with Gasteiger partial charge in [0.15, 0.2) is 11.6 Å². The van der Waals surface area contributed by atoms with Crippen molar-refractivity contribution in [1.29, 1.82) is 0 Å². The summed E-state index contributed by atoms with van der Waals surface area (Å²) in [6, 6.07) is 20.9. The van der Waals surface area contributed by atoms with Crippen molar-refractivity contribution >= 4 is 10.8 Å². The molecule has 0 radical (unpaired) electrons. The lowest BCUT2D eigenvalue weighted by molar-refractivity contribution is 0.0994. The van der Waals surface area contributed by atoms with Gasteiger partial charge in [-0.3, -0.25) is 0 Å². The number of benzene rings is 3. The zero-order valence-corrected chi connectivity index (χ0v) is 19.3. The molecule has 0 spiro atoms. The minimum Gasteiger partial charge on any atom is -0.485 e. The molecule has 4 rings (SSSR count). The Morgan fingerprint density at radius 1 is 1.03 bits per heavy atom. The highest BCUT2D eigenvalue weighted by Gasteiger charge is 2.28. The van der Waals surface area contributed by atoms with Gasteiger partial charge in [-0.05, 0) is 97.7 Å². The maximum absolute atomic E-state index is 14.7. The molecule has 0 aromatic heterocycles. The van der Waals surface area contributed by atoms with Crippen molar-refractivity contribution in [2.24, 2.45) is 5.92 Å². The van der Waals surface area contributed by atoms with Gasteiger partial charge in [0, 0.05) is 0 Å². The Balaban J connectivity index is 1.42. The summed E-state index contributed by atoms with van der Waals surface area (Å²) in [4.78, 5) is 0. The number of halogens is 1. The summed E-state index contributed by atoms with van der Waals surface area (Å²) in [5, 5.41) is 2.69. The number of hydrogen-bond acceptors (Lipinski definition) is 1. The molecule has 0 bridgehead atoms. The Morgan fingerprint density at radius 2 is 1.81 bits per heavy atom. The predicted octanol–water partition coefficient (Wildman–Crippen LogP) is 8.62. The molecular weight excluding hydrogens is 383 g/mol. The average Bonchev–Trinajstić information content (AvgIpc) is 3.23. The van der Waals surface area contributed by atoms with Gasteiger partial charge in [0.25, 0.3) is 0 Å². The molecule has 2 heteroatoms. The third kappa shape index (κ3) is 4.95. The van der Waals surface area contributed by atoms with Gasteiger partial charge in [-0.2, -0.15) is 0 Å². The van der Waals surface area contributed by atoms with Crippen LogP contribution < -0.4 is 4.74 Å². The van der Waals surface area contributed by atoms with Gasteiger partial charge < -0.3 is 4.74 Å². The molecule has 0 saturated heterocycles. The molecule has 31 heavy (non-hydrogen) atoms. The Labute approximate surface area is 186 Å². The van der Waals surface area contributed by atoms with E-state index in [1.54, 1.807) is 6.07 Å². The van der Waals surface area contributed by atoms with Crippen molar-refractivity contribution < 1.29 is 9.13 Å². The summed E-state index contributed by atoms with van der Waals surface area (Å²) in [5.74, 6) is 1.81. The first-order valence-corrected chi connectivity index (χ1v) is 11.8. The van der Waals surface area contributed by atoms with Crippen molar-refractivity contribution in [1.82, 2.24) is 0 Å². The first kappa shape index (κ1) is 21.9. The lowest BCUT2D eigenvalue weighted by Crippen LogP contribution is -2.27. The highest BCUT2D eigenvalue weighted by molar-refractivity contribution is 5.86. The van der Waals surface area contributed by atoms with Crippen LogP contribution in [0.4, 0.5) is 4.39 Å². The van der Waals surface area contributed by atoms with Crippen LogP contribution >= 0.6 is 0 Å². The molecule has 3 aromatic carbocycles. The average molecular weight is 419 g/mol. The van der Waals surface area contributed by atoms with Gasteiger partial charge in [-0.15, -0.1) is 0 Å². The first-order valence-electron chi connectivity index (χ1n) is 11.8. The van der Waals surface area contributed by atoms with Crippen LogP contribution in [0.15, 0.2) is 60.7 Å². The zero-order valence-electron chi connectivity index (χ0n) is 19.3. The molecular formula is C29H35FO. The van der Waals surface area contributed by atoms with Crippen molar-refractivity contribution in [3.8, 4) is 5.75 Å². The van der Waals surface area contributed by atoms with Crippen LogP contribution in [0, 0.1) is 11.7 Å². The predicted molar refractivity (Wildman–Crippen MR) is 128 cm³/mol. The van der Waals surface area contributed by atoms with Gasteiger partial charge >= 0.3 is 0 Å². The van der Waals surface area contributed by atoms with E-state index in [-0.39, 0.29) is 11.4 Å². The molecule has 3 aromatic rings. The van der Waals surface area contributed by atoms with Crippen molar-refractivity contribution in [3.05, 3.63) is 77.6 Å².